The Balaban J connectivity index is 1.26. The lowest BCUT2D eigenvalue weighted by Gasteiger charge is -2.32. The van der Waals surface area contributed by atoms with Crippen molar-refractivity contribution < 1.29 is 27.4 Å². The summed E-state index contributed by atoms with van der Waals surface area (Å²) in [7, 11) is 1.62. The first-order valence-electron chi connectivity index (χ1n) is 11.6. The van der Waals surface area contributed by atoms with E-state index in [0.717, 1.165) is 48.5 Å². The van der Waals surface area contributed by atoms with Crippen LogP contribution in [0.5, 0.6) is 11.5 Å². The van der Waals surface area contributed by atoms with Gasteiger partial charge in [0.05, 0.1) is 30.8 Å². The molecule has 1 unspecified atom stereocenters. The molecule has 1 atom stereocenters. The Bertz CT molecular complexity index is 1150. The minimum absolute atomic E-state index is 0.0712. The SMILES string of the molecule is COc1ccc(-c2ccc(N3CCCC(C(=O)NCCOc4cccc(C(F)(F)F)c4)C3)nn2)cc1. The number of benzene rings is 2. The number of amides is 1. The maximum absolute atomic E-state index is 12.8. The highest BCUT2D eigenvalue weighted by Gasteiger charge is 2.30. The second-order valence-electron chi connectivity index (χ2n) is 8.46. The van der Waals surface area contributed by atoms with Gasteiger partial charge in [0, 0.05) is 18.7 Å². The van der Waals surface area contributed by atoms with Gasteiger partial charge in [0.25, 0.3) is 0 Å². The fraction of sp³-hybridized carbons (Fsp3) is 0.346. The van der Waals surface area contributed by atoms with Crippen LogP contribution in [0.2, 0.25) is 0 Å². The van der Waals surface area contributed by atoms with Gasteiger partial charge in [-0.05, 0) is 67.4 Å². The van der Waals surface area contributed by atoms with Crippen molar-refractivity contribution >= 4 is 11.7 Å². The van der Waals surface area contributed by atoms with Gasteiger partial charge in [0.2, 0.25) is 5.91 Å². The molecule has 0 radical (unpaired) electrons. The van der Waals surface area contributed by atoms with Crippen molar-refractivity contribution in [1.29, 1.82) is 0 Å². The van der Waals surface area contributed by atoms with Gasteiger partial charge in [-0.2, -0.15) is 13.2 Å². The van der Waals surface area contributed by atoms with Gasteiger partial charge in [-0.1, -0.05) is 6.07 Å². The summed E-state index contributed by atoms with van der Waals surface area (Å²) in [6, 6.07) is 16.0. The number of methoxy groups -OCH3 is 1. The molecular formula is C26H27F3N4O3. The number of nitrogens with zero attached hydrogens (tertiary/aromatic N) is 3. The van der Waals surface area contributed by atoms with Crippen molar-refractivity contribution in [1.82, 2.24) is 15.5 Å². The molecule has 0 aliphatic carbocycles. The summed E-state index contributed by atoms with van der Waals surface area (Å²) in [5.41, 5.74) is 0.901. The van der Waals surface area contributed by atoms with Crippen molar-refractivity contribution in [2.24, 2.45) is 5.92 Å². The minimum Gasteiger partial charge on any atom is -0.497 e. The van der Waals surface area contributed by atoms with E-state index < -0.39 is 11.7 Å². The van der Waals surface area contributed by atoms with E-state index >= 15 is 0 Å². The first-order valence-corrected chi connectivity index (χ1v) is 11.6. The highest BCUT2D eigenvalue weighted by atomic mass is 19.4. The number of halogens is 3. The van der Waals surface area contributed by atoms with E-state index in [9.17, 15) is 18.0 Å². The number of anilines is 1. The van der Waals surface area contributed by atoms with Crippen molar-refractivity contribution in [3.8, 4) is 22.8 Å². The molecule has 7 nitrogen and oxygen atoms in total. The normalized spacial score (nSPS) is 15.9. The Kier molecular flexibility index (Phi) is 7.92. The molecule has 0 saturated carbocycles. The number of carbonyl (C=O) groups is 1. The molecule has 1 saturated heterocycles. The second-order valence-corrected chi connectivity index (χ2v) is 8.46. The summed E-state index contributed by atoms with van der Waals surface area (Å²) in [5, 5.41) is 11.5. The molecule has 0 bridgehead atoms. The van der Waals surface area contributed by atoms with Crippen LogP contribution in [0.3, 0.4) is 0 Å². The molecule has 2 aromatic carbocycles. The quantitative estimate of drug-likeness (QED) is 0.457. The number of hydrogen-bond donors (Lipinski definition) is 1. The molecule has 1 aliphatic rings. The van der Waals surface area contributed by atoms with Crippen LogP contribution < -0.4 is 19.7 Å². The molecule has 1 N–H and O–H groups in total. The first kappa shape index (κ1) is 25.3. The third kappa shape index (κ3) is 6.44. The fourth-order valence-electron chi connectivity index (χ4n) is 4.06. The average Bonchev–Trinajstić information content (AvgIpc) is 2.91. The first-order chi connectivity index (χ1) is 17.3. The summed E-state index contributed by atoms with van der Waals surface area (Å²) in [4.78, 5) is 14.7. The Morgan fingerprint density at radius 1 is 1.08 bits per heavy atom. The van der Waals surface area contributed by atoms with E-state index in [4.69, 9.17) is 9.47 Å². The number of nitrogens with one attached hydrogen (secondary N) is 1. The molecule has 10 heteroatoms. The standard InChI is InChI=1S/C26H27F3N4O3/c1-35-21-9-7-18(8-10-21)23-11-12-24(32-31-23)33-14-3-4-19(17-33)25(34)30-13-15-36-22-6-2-5-20(16-22)26(27,28)29/h2,5-12,16,19H,3-4,13-15,17H2,1H3,(H,30,34). The number of aromatic nitrogens is 2. The fourth-order valence-corrected chi connectivity index (χ4v) is 4.06. The highest BCUT2D eigenvalue weighted by Crippen LogP contribution is 2.31. The van der Waals surface area contributed by atoms with Crippen LogP contribution in [-0.2, 0) is 11.0 Å². The largest absolute Gasteiger partial charge is 0.497 e. The van der Waals surface area contributed by atoms with Crippen LogP contribution in [0.15, 0.2) is 60.7 Å². The molecule has 1 amide bonds. The zero-order valence-electron chi connectivity index (χ0n) is 19.8. The van der Waals surface area contributed by atoms with Crippen molar-refractivity contribution in [2.75, 3.05) is 38.3 Å². The molecule has 3 aromatic rings. The van der Waals surface area contributed by atoms with Crippen LogP contribution in [0.1, 0.15) is 18.4 Å². The summed E-state index contributed by atoms with van der Waals surface area (Å²) < 4.78 is 49.0. The third-order valence-electron chi connectivity index (χ3n) is 5.98. The van der Waals surface area contributed by atoms with Crippen molar-refractivity contribution in [3.05, 3.63) is 66.2 Å². The maximum atomic E-state index is 12.8. The van der Waals surface area contributed by atoms with Gasteiger partial charge in [-0.15, -0.1) is 10.2 Å². The summed E-state index contributed by atoms with van der Waals surface area (Å²) in [6.45, 7) is 1.56. The van der Waals surface area contributed by atoms with E-state index in [1.165, 1.54) is 12.1 Å². The number of alkyl halides is 3. The molecule has 2 heterocycles. The highest BCUT2D eigenvalue weighted by molar-refractivity contribution is 5.79. The zero-order chi connectivity index (χ0) is 25.5. The Hall–Kier alpha value is -3.82. The van der Waals surface area contributed by atoms with Crippen LogP contribution >= 0.6 is 0 Å². The number of hydrogen-bond acceptors (Lipinski definition) is 6. The van der Waals surface area contributed by atoms with E-state index in [0.29, 0.717) is 12.4 Å². The summed E-state index contributed by atoms with van der Waals surface area (Å²) in [5.74, 6) is 1.24. The lowest BCUT2D eigenvalue weighted by molar-refractivity contribution is -0.137. The predicted octanol–water partition coefficient (Wildman–Crippen LogP) is 4.58. The second kappa shape index (κ2) is 11.3. The number of carbonyl (C=O) groups excluding carboxylic acids is 1. The zero-order valence-corrected chi connectivity index (χ0v) is 19.8. The molecule has 0 spiro atoms. The Labute approximate surface area is 207 Å². The molecule has 1 aliphatic heterocycles. The van der Waals surface area contributed by atoms with E-state index in [1.54, 1.807) is 7.11 Å². The van der Waals surface area contributed by atoms with Crippen LogP contribution in [-0.4, -0.2) is 49.5 Å². The lowest BCUT2D eigenvalue weighted by Crippen LogP contribution is -2.44. The van der Waals surface area contributed by atoms with Crippen LogP contribution in [0.25, 0.3) is 11.3 Å². The van der Waals surface area contributed by atoms with Gasteiger partial charge in [-0.3, -0.25) is 4.79 Å². The topological polar surface area (TPSA) is 76.6 Å². The Morgan fingerprint density at radius 3 is 2.58 bits per heavy atom. The minimum atomic E-state index is -4.43. The predicted molar refractivity (Wildman–Crippen MR) is 129 cm³/mol. The molecule has 36 heavy (non-hydrogen) atoms. The number of piperidine rings is 1. The maximum Gasteiger partial charge on any atom is 0.416 e. The summed E-state index contributed by atoms with van der Waals surface area (Å²) in [6.07, 6.45) is -2.85. The van der Waals surface area contributed by atoms with Crippen molar-refractivity contribution in [3.63, 3.8) is 0 Å². The van der Waals surface area contributed by atoms with E-state index in [-0.39, 0.29) is 30.7 Å². The monoisotopic (exact) mass is 500 g/mol. The molecule has 190 valence electrons. The number of rotatable bonds is 8. The van der Waals surface area contributed by atoms with Gasteiger partial charge < -0.3 is 19.7 Å². The van der Waals surface area contributed by atoms with Crippen molar-refractivity contribution in [2.45, 2.75) is 19.0 Å². The van der Waals surface area contributed by atoms with Crippen LogP contribution in [0, 0.1) is 5.92 Å². The number of ether oxygens (including phenoxy) is 2. The molecule has 4 rings (SSSR count). The Morgan fingerprint density at radius 2 is 1.89 bits per heavy atom. The van der Waals surface area contributed by atoms with Crippen LogP contribution in [0.4, 0.5) is 19.0 Å². The van der Waals surface area contributed by atoms with E-state index in [2.05, 4.69) is 15.5 Å². The smallest absolute Gasteiger partial charge is 0.416 e. The molecule has 1 aromatic heterocycles. The average molecular weight is 501 g/mol. The van der Waals surface area contributed by atoms with Gasteiger partial charge in [-0.25, -0.2) is 0 Å². The van der Waals surface area contributed by atoms with Gasteiger partial charge in [0.1, 0.15) is 18.1 Å². The molecule has 1 fully saturated rings. The lowest BCUT2D eigenvalue weighted by atomic mass is 9.97. The molecular weight excluding hydrogens is 473 g/mol. The third-order valence-corrected chi connectivity index (χ3v) is 5.98. The van der Waals surface area contributed by atoms with E-state index in [1.807, 2.05) is 41.3 Å². The summed E-state index contributed by atoms with van der Waals surface area (Å²) >= 11 is 0. The van der Waals surface area contributed by atoms with Gasteiger partial charge in [0.15, 0.2) is 5.82 Å². The van der Waals surface area contributed by atoms with Gasteiger partial charge >= 0.3 is 6.18 Å².